The highest BCUT2D eigenvalue weighted by Gasteiger charge is 2.17. The molecule has 0 bridgehead atoms. The molecule has 38 heavy (non-hydrogen) atoms. The van der Waals surface area contributed by atoms with Gasteiger partial charge in [0.05, 0.1) is 17.3 Å². The Morgan fingerprint density at radius 1 is 0.868 bits per heavy atom. The number of anilines is 2. The molecule has 0 aliphatic heterocycles. The fraction of sp³-hybridized carbons (Fsp3) is 0.0385. The molecule has 2 aromatic heterocycles. The summed E-state index contributed by atoms with van der Waals surface area (Å²) < 4.78 is 1.51. The highest BCUT2D eigenvalue weighted by atomic mass is 35.5. The second-order valence-corrected chi connectivity index (χ2v) is 8.48. The number of rotatable bonds is 6. The van der Waals surface area contributed by atoms with Gasteiger partial charge in [-0.2, -0.15) is 4.68 Å². The van der Waals surface area contributed by atoms with Crippen molar-refractivity contribution in [2.24, 2.45) is 0 Å². The Labute approximate surface area is 220 Å². The van der Waals surface area contributed by atoms with Crippen molar-refractivity contribution in [3.63, 3.8) is 0 Å². The lowest BCUT2D eigenvalue weighted by atomic mass is 10.1. The Balaban J connectivity index is 1.22. The molecule has 5 aromatic rings. The average Bonchev–Trinajstić information content (AvgIpc) is 3.41. The van der Waals surface area contributed by atoms with E-state index in [9.17, 15) is 14.4 Å². The van der Waals surface area contributed by atoms with Crippen LogP contribution in [-0.4, -0.2) is 42.9 Å². The molecule has 3 amide bonds. The second-order valence-electron chi connectivity index (χ2n) is 8.04. The number of aromatic nitrogens is 5. The van der Waals surface area contributed by atoms with Gasteiger partial charge in [-0.3, -0.25) is 14.4 Å². The zero-order chi connectivity index (χ0) is 26.5. The zero-order valence-corrected chi connectivity index (χ0v) is 20.4. The van der Waals surface area contributed by atoms with Crippen LogP contribution in [0.4, 0.5) is 11.5 Å². The number of hydrogen-bond donors (Lipinski definition) is 3. The van der Waals surface area contributed by atoms with Crippen molar-refractivity contribution in [1.82, 2.24) is 30.5 Å². The zero-order valence-electron chi connectivity index (χ0n) is 19.6. The van der Waals surface area contributed by atoms with Crippen LogP contribution in [0, 0.1) is 0 Å². The van der Waals surface area contributed by atoms with Crippen molar-refractivity contribution in [3.05, 3.63) is 101 Å². The summed E-state index contributed by atoms with van der Waals surface area (Å²) in [6.07, 6.45) is 1.41. The van der Waals surface area contributed by atoms with E-state index < -0.39 is 17.7 Å². The van der Waals surface area contributed by atoms with Gasteiger partial charge in [0.15, 0.2) is 5.82 Å². The van der Waals surface area contributed by atoms with E-state index in [1.807, 2.05) is 42.5 Å². The van der Waals surface area contributed by atoms with Crippen LogP contribution in [0.5, 0.6) is 0 Å². The maximum atomic E-state index is 12.5. The molecule has 0 spiro atoms. The number of pyridine rings is 1. The number of carbonyl (C=O) groups excluding carboxylic acids is 3. The van der Waals surface area contributed by atoms with E-state index in [1.54, 1.807) is 30.3 Å². The third-order valence-corrected chi connectivity index (χ3v) is 5.72. The SMILES string of the molecule is O=C(NCc1nnnn1-c1cccc2ccccc12)C(=O)Nc1cccc(C(=O)Nc2ccc(Cl)cn2)c1. The number of tetrazole rings is 1. The molecule has 0 atom stereocenters. The largest absolute Gasteiger partial charge is 0.340 e. The molecule has 188 valence electrons. The Hall–Kier alpha value is -5.16. The molecule has 12 heteroatoms. The molecule has 3 aromatic carbocycles. The van der Waals surface area contributed by atoms with Crippen molar-refractivity contribution >= 4 is 51.6 Å². The van der Waals surface area contributed by atoms with Crippen molar-refractivity contribution in [3.8, 4) is 5.69 Å². The summed E-state index contributed by atoms with van der Waals surface area (Å²) >= 11 is 5.81. The van der Waals surface area contributed by atoms with E-state index in [4.69, 9.17) is 11.6 Å². The minimum atomic E-state index is -0.911. The molecule has 2 heterocycles. The van der Waals surface area contributed by atoms with Crippen LogP contribution in [-0.2, 0) is 16.1 Å². The summed E-state index contributed by atoms with van der Waals surface area (Å²) in [6, 6.07) is 22.8. The average molecular weight is 527 g/mol. The number of benzene rings is 3. The summed E-state index contributed by atoms with van der Waals surface area (Å²) in [7, 11) is 0. The lowest BCUT2D eigenvalue weighted by Gasteiger charge is -2.10. The molecule has 5 rings (SSSR count). The first-order valence-electron chi connectivity index (χ1n) is 11.4. The summed E-state index contributed by atoms with van der Waals surface area (Å²) in [5.41, 5.74) is 1.27. The molecule has 11 nitrogen and oxygen atoms in total. The van der Waals surface area contributed by atoms with Gasteiger partial charge < -0.3 is 16.0 Å². The highest BCUT2D eigenvalue weighted by Crippen LogP contribution is 2.22. The third-order valence-electron chi connectivity index (χ3n) is 5.49. The van der Waals surface area contributed by atoms with Crippen molar-refractivity contribution < 1.29 is 14.4 Å². The van der Waals surface area contributed by atoms with E-state index in [1.165, 1.54) is 16.9 Å². The van der Waals surface area contributed by atoms with Crippen LogP contribution < -0.4 is 16.0 Å². The molecular formula is C26H19ClN8O3. The molecule has 0 unspecified atom stereocenters. The first-order valence-corrected chi connectivity index (χ1v) is 11.7. The van der Waals surface area contributed by atoms with E-state index in [-0.39, 0.29) is 17.8 Å². The summed E-state index contributed by atoms with van der Waals surface area (Å²) in [5, 5.41) is 21.8. The van der Waals surface area contributed by atoms with Gasteiger partial charge in [-0.15, -0.1) is 5.10 Å². The summed E-state index contributed by atoms with van der Waals surface area (Å²) in [6.45, 7) is -0.0843. The van der Waals surface area contributed by atoms with Crippen LogP contribution in [0.2, 0.25) is 5.02 Å². The summed E-state index contributed by atoms with van der Waals surface area (Å²) in [5.74, 6) is -1.58. The van der Waals surface area contributed by atoms with Crippen molar-refractivity contribution in [1.29, 1.82) is 0 Å². The van der Waals surface area contributed by atoms with Gasteiger partial charge in [-0.1, -0.05) is 54.1 Å². The highest BCUT2D eigenvalue weighted by molar-refractivity contribution is 6.39. The van der Waals surface area contributed by atoms with E-state index in [0.29, 0.717) is 16.7 Å². The minimum absolute atomic E-state index is 0.0843. The molecule has 0 saturated heterocycles. The predicted molar refractivity (Wildman–Crippen MR) is 141 cm³/mol. The summed E-state index contributed by atoms with van der Waals surface area (Å²) in [4.78, 5) is 41.5. The molecule has 0 saturated carbocycles. The molecular weight excluding hydrogens is 508 g/mol. The lowest BCUT2D eigenvalue weighted by molar-refractivity contribution is -0.136. The van der Waals surface area contributed by atoms with Crippen LogP contribution in [0.1, 0.15) is 16.2 Å². The quantitative estimate of drug-likeness (QED) is 0.288. The van der Waals surface area contributed by atoms with Gasteiger partial charge >= 0.3 is 11.8 Å². The van der Waals surface area contributed by atoms with Crippen LogP contribution in [0.25, 0.3) is 16.5 Å². The van der Waals surface area contributed by atoms with E-state index in [0.717, 1.165) is 16.5 Å². The number of carbonyl (C=O) groups is 3. The van der Waals surface area contributed by atoms with Gasteiger partial charge in [-0.25, -0.2) is 4.98 Å². The maximum Gasteiger partial charge on any atom is 0.313 e. The molecule has 3 N–H and O–H groups in total. The van der Waals surface area contributed by atoms with Gasteiger partial charge in [0.1, 0.15) is 5.82 Å². The fourth-order valence-electron chi connectivity index (χ4n) is 3.70. The minimum Gasteiger partial charge on any atom is -0.340 e. The first kappa shape index (κ1) is 24.5. The number of nitrogens with one attached hydrogen (secondary N) is 3. The van der Waals surface area contributed by atoms with Crippen LogP contribution in [0.3, 0.4) is 0 Å². The molecule has 0 aliphatic rings. The monoisotopic (exact) mass is 526 g/mol. The number of halogens is 1. The topological polar surface area (TPSA) is 144 Å². The standard InChI is InChI=1S/C26H19ClN8O3/c27-18-11-12-22(28-14-18)31-24(36)17-7-3-8-19(13-17)30-26(38)25(37)29-15-23-32-33-34-35(23)21-10-4-6-16-5-1-2-9-20(16)21/h1-14H,15H2,(H,29,37)(H,30,38)(H,28,31,36). The Bertz CT molecular complexity index is 1650. The van der Waals surface area contributed by atoms with Gasteiger partial charge in [-0.05, 0) is 52.2 Å². The van der Waals surface area contributed by atoms with Crippen LogP contribution in [0.15, 0.2) is 85.1 Å². The second kappa shape index (κ2) is 10.8. The fourth-order valence-corrected chi connectivity index (χ4v) is 3.81. The predicted octanol–water partition coefficient (Wildman–Crippen LogP) is 3.37. The van der Waals surface area contributed by atoms with Crippen LogP contribution >= 0.6 is 11.6 Å². The molecule has 0 radical (unpaired) electrons. The lowest BCUT2D eigenvalue weighted by Crippen LogP contribution is -2.35. The number of nitrogens with zero attached hydrogens (tertiary/aromatic N) is 5. The van der Waals surface area contributed by atoms with E-state index >= 15 is 0 Å². The van der Waals surface area contributed by atoms with Crippen molar-refractivity contribution in [2.45, 2.75) is 6.54 Å². The molecule has 0 aliphatic carbocycles. The number of fused-ring (bicyclic) bond motifs is 1. The third kappa shape index (κ3) is 5.47. The number of amides is 3. The number of hydrogen-bond acceptors (Lipinski definition) is 7. The molecule has 0 fully saturated rings. The Kier molecular flexibility index (Phi) is 7.00. The van der Waals surface area contributed by atoms with E-state index in [2.05, 4.69) is 36.5 Å². The smallest absolute Gasteiger partial charge is 0.313 e. The van der Waals surface area contributed by atoms with Crippen molar-refractivity contribution in [2.75, 3.05) is 10.6 Å². The van der Waals surface area contributed by atoms with Gasteiger partial charge in [0, 0.05) is 22.8 Å². The maximum absolute atomic E-state index is 12.5. The normalized spacial score (nSPS) is 10.7. The first-order chi connectivity index (χ1) is 18.5. The van der Waals surface area contributed by atoms with Gasteiger partial charge in [0.25, 0.3) is 5.91 Å². The Morgan fingerprint density at radius 2 is 1.68 bits per heavy atom. The Morgan fingerprint density at radius 3 is 2.53 bits per heavy atom. The van der Waals surface area contributed by atoms with Gasteiger partial charge in [0.2, 0.25) is 0 Å².